The summed E-state index contributed by atoms with van der Waals surface area (Å²) in [4.78, 5) is 15.1. The summed E-state index contributed by atoms with van der Waals surface area (Å²) in [5.74, 6) is -0.0346. The second-order valence-corrected chi connectivity index (χ2v) is 5.69. The van der Waals surface area contributed by atoms with Gasteiger partial charge >= 0.3 is 5.97 Å². The van der Waals surface area contributed by atoms with Crippen molar-refractivity contribution in [3.05, 3.63) is 39.8 Å². The van der Waals surface area contributed by atoms with Gasteiger partial charge in [-0.3, -0.25) is 4.79 Å². The molecule has 1 heterocycles. The van der Waals surface area contributed by atoms with E-state index in [1.807, 2.05) is 11.6 Å². The minimum Gasteiger partial charge on any atom is -0.481 e. The highest BCUT2D eigenvalue weighted by molar-refractivity contribution is 9.10. The maximum absolute atomic E-state index is 10.7. The molecular formula is C15H17BrN2O2. The minimum atomic E-state index is -0.808. The predicted molar refractivity (Wildman–Crippen MR) is 81.8 cm³/mol. The molecule has 0 aliphatic carbocycles. The van der Waals surface area contributed by atoms with E-state index in [0.29, 0.717) is 6.42 Å². The molecule has 2 aromatic rings. The molecule has 0 aliphatic heterocycles. The van der Waals surface area contributed by atoms with E-state index in [1.54, 1.807) is 0 Å². The van der Waals surface area contributed by atoms with Gasteiger partial charge in [0, 0.05) is 19.0 Å². The summed E-state index contributed by atoms with van der Waals surface area (Å²) in [6.07, 6.45) is 0.513. The van der Waals surface area contributed by atoms with Crippen LogP contribution in [0.4, 0.5) is 0 Å². The molecule has 0 aliphatic rings. The SMILES string of the molecule is Cc1ccc(C)c(-c2c(Br)nc(CCC(=O)O)n2C)c1. The summed E-state index contributed by atoms with van der Waals surface area (Å²) in [6.45, 7) is 4.11. The van der Waals surface area contributed by atoms with Gasteiger partial charge in [-0.05, 0) is 41.4 Å². The smallest absolute Gasteiger partial charge is 0.303 e. The molecule has 5 heteroatoms. The quantitative estimate of drug-likeness (QED) is 0.929. The molecule has 0 saturated heterocycles. The van der Waals surface area contributed by atoms with E-state index in [1.165, 1.54) is 11.1 Å². The van der Waals surface area contributed by atoms with E-state index < -0.39 is 5.97 Å². The Hall–Kier alpha value is -1.62. The highest BCUT2D eigenvalue weighted by Gasteiger charge is 2.16. The first kappa shape index (κ1) is 14.8. The fourth-order valence-electron chi connectivity index (χ4n) is 2.23. The normalized spacial score (nSPS) is 10.8. The van der Waals surface area contributed by atoms with Crippen LogP contribution in [0.15, 0.2) is 22.8 Å². The molecule has 4 nitrogen and oxygen atoms in total. The summed E-state index contributed by atoms with van der Waals surface area (Å²) in [6, 6.07) is 6.29. The number of rotatable bonds is 4. The average molecular weight is 337 g/mol. The Morgan fingerprint density at radius 1 is 1.40 bits per heavy atom. The number of nitrogens with zero attached hydrogens (tertiary/aromatic N) is 2. The van der Waals surface area contributed by atoms with Crippen LogP contribution < -0.4 is 0 Å². The molecular weight excluding hydrogens is 320 g/mol. The molecule has 0 bridgehead atoms. The van der Waals surface area contributed by atoms with Gasteiger partial charge in [-0.15, -0.1) is 0 Å². The lowest BCUT2D eigenvalue weighted by atomic mass is 10.0. The van der Waals surface area contributed by atoms with Crippen LogP contribution in [-0.2, 0) is 18.3 Å². The molecule has 1 aromatic heterocycles. The number of aromatic nitrogens is 2. The molecule has 106 valence electrons. The van der Waals surface area contributed by atoms with Crippen LogP contribution in [0, 0.1) is 13.8 Å². The van der Waals surface area contributed by atoms with Crippen molar-refractivity contribution in [2.75, 3.05) is 0 Å². The van der Waals surface area contributed by atoms with Gasteiger partial charge in [0.05, 0.1) is 12.1 Å². The van der Waals surface area contributed by atoms with Crippen LogP contribution in [0.2, 0.25) is 0 Å². The molecule has 0 spiro atoms. The van der Waals surface area contributed by atoms with Crippen molar-refractivity contribution in [1.29, 1.82) is 0 Å². The number of hydrogen-bond acceptors (Lipinski definition) is 2. The summed E-state index contributed by atoms with van der Waals surface area (Å²) >= 11 is 3.49. The summed E-state index contributed by atoms with van der Waals surface area (Å²) in [7, 11) is 1.92. The van der Waals surface area contributed by atoms with Crippen molar-refractivity contribution >= 4 is 21.9 Å². The lowest BCUT2D eigenvalue weighted by Gasteiger charge is -2.10. The molecule has 0 amide bonds. The number of carboxylic acid groups (broad SMARTS) is 1. The third-order valence-corrected chi connectivity index (χ3v) is 3.91. The van der Waals surface area contributed by atoms with Gasteiger partial charge in [-0.25, -0.2) is 4.98 Å². The standard InChI is InChI=1S/C15H17BrN2O2/c1-9-4-5-10(2)11(8-9)14-15(16)17-12(18(14)3)6-7-13(19)20/h4-5,8H,6-7H2,1-3H3,(H,19,20). The Morgan fingerprint density at radius 3 is 2.75 bits per heavy atom. The van der Waals surface area contributed by atoms with Gasteiger partial charge in [0.15, 0.2) is 0 Å². The number of benzene rings is 1. The maximum atomic E-state index is 10.7. The molecule has 0 saturated carbocycles. The first-order chi connectivity index (χ1) is 9.40. The van der Waals surface area contributed by atoms with Gasteiger partial charge < -0.3 is 9.67 Å². The first-order valence-corrected chi connectivity index (χ1v) is 7.20. The predicted octanol–water partition coefficient (Wildman–Crippen LogP) is 3.48. The maximum Gasteiger partial charge on any atom is 0.303 e. The highest BCUT2D eigenvalue weighted by Crippen LogP contribution is 2.31. The number of halogens is 1. The molecule has 1 aromatic carbocycles. The van der Waals surface area contributed by atoms with Crippen LogP contribution in [0.1, 0.15) is 23.4 Å². The lowest BCUT2D eigenvalue weighted by Crippen LogP contribution is -2.04. The zero-order valence-electron chi connectivity index (χ0n) is 11.8. The third-order valence-electron chi connectivity index (χ3n) is 3.36. The van der Waals surface area contributed by atoms with Crippen LogP contribution in [-0.4, -0.2) is 20.6 Å². The molecule has 0 radical (unpaired) electrons. The number of carboxylic acids is 1. The van der Waals surface area contributed by atoms with Crippen LogP contribution in [0.5, 0.6) is 0 Å². The second kappa shape index (κ2) is 5.79. The van der Waals surface area contributed by atoms with E-state index in [2.05, 4.69) is 53.0 Å². The number of imidazole rings is 1. The Morgan fingerprint density at radius 2 is 2.10 bits per heavy atom. The highest BCUT2D eigenvalue weighted by atomic mass is 79.9. The van der Waals surface area contributed by atoms with Gasteiger partial charge in [0.1, 0.15) is 10.4 Å². The Bertz CT molecular complexity index is 662. The number of hydrogen-bond donors (Lipinski definition) is 1. The van der Waals surface area contributed by atoms with Crippen LogP contribution >= 0.6 is 15.9 Å². The van der Waals surface area contributed by atoms with Crippen LogP contribution in [0.3, 0.4) is 0 Å². The zero-order valence-corrected chi connectivity index (χ0v) is 13.4. The van der Waals surface area contributed by atoms with Crippen molar-refractivity contribution in [3.63, 3.8) is 0 Å². The monoisotopic (exact) mass is 336 g/mol. The largest absolute Gasteiger partial charge is 0.481 e. The van der Waals surface area contributed by atoms with Crippen LogP contribution in [0.25, 0.3) is 11.3 Å². The Kier molecular flexibility index (Phi) is 4.28. The minimum absolute atomic E-state index is 0.0868. The summed E-state index contributed by atoms with van der Waals surface area (Å²) < 4.78 is 2.73. The van der Waals surface area contributed by atoms with E-state index in [4.69, 9.17) is 5.11 Å². The fraction of sp³-hybridized carbons (Fsp3) is 0.333. The van der Waals surface area contributed by atoms with E-state index >= 15 is 0 Å². The summed E-state index contributed by atoms with van der Waals surface area (Å²) in [5.41, 5.74) is 4.47. The van der Waals surface area contributed by atoms with E-state index in [0.717, 1.165) is 21.7 Å². The molecule has 2 rings (SSSR count). The summed E-state index contributed by atoms with van der Waals surface area (Å²) in [5, 5.41) is 8.79. The molecule has 0 fully saturated rings. The fourth-order valence-corrected chi connectivity index (χ4v) is 2.92. The number of carbonyl (C=O) groups is 1. The third kappa shape index (κ3) is 2.93. The molecule has 0 atom stereocenters. The first-order valence-electron chi connectivity index (χ1n) is 6.40. The second-order valence-electron chi connectivity index (χ2n) is 4.94. The van der Waals surface area contributed by atoms with Gasteiger partial charge in [-0.2, -0.15) is 0 Å². The van der Waals surface area contributed by atoms with Gasteiger partial charge in [0.25, 0.3) is 0 Å². The van der Waals surface area contributed by atoms with Crippen molar-refractivity contribution < 1.29 is 9.90 Å². The average Bonchev–Trinajstić information content (AvgIpc) is 2.65. The van der Waals surface area contributed by atoms with E-state index in [9.17, 15) is 4.79 Å². The molecule has 20 heavy (non-hydrogen) atoms. The Balaban J connectivity index is 2.47. The van der Waals surface area contributed by atoms with Crippen molar-refractivity contribution in [1.82, 2.24) is 9.55 Å². The molecule has 1 N–H and O–H groups in total. The van der Waals surface area contributed by atoms with Crippen molar-refractivity contribution in [2.24, 2.45) is 7.05 Å². The Labute approximate surface area is 126 Å². The van der Waals surface area contributed by atoms with Crippen molar-refractivity contribution in [3.8, 4) is 11.3 Å². The van der Waals surface area contributed by atoms with Crippen molar-refractivity contribution in [2.45, 2.75) is 26.7 Å². The number of aliphatic carboxylic acids is 1. The lowest BCUT2D eigenvalue weighted by molar-refractivity contribution is -0.137. The molecule has 0 unspecified atom stereocenters. The van der Waals surface area contributed by atoms with Gasteiger partial charge in [0.2, 0.25) is 0 Å². The van der Waals surface area contributed by atoms with Gasteiger partial charge in [-0.1, -0.05) is 17.7 Å². The zero-order chi connectivity index (χ0) is 14.9. The topological polar surface area (TPSA) is 55.1 Å². The number of aryl methyl sites for hydroxylation is 3. The van der Waals surface area contributed by atoms with E-state index in [-0.39, 0.29) is 6.42 Å².